The van der Waals surface area contributed by atoms with Crippen LogP contribution in [0.4, 0.5) is 0 Å². The molecule has 0 radical (unpaired) electrons. The Kier molecular flexibility index (Phi) is 5.23. The van der Waals surface area contributed by atoms with E-state index in [0.717, 1.165) is 12.5 Å². The van der Waals surface area contributed by atoms with Gasteiger partial charge in [0.15, 0.2) is 5.79 Å². The van der Waals surface area contributed by atoms with Crippen molar-refractivity contribution in [2.45, 2.75) is 58.5 Å². The molecule has 0 bridgehead atoms. The Morgan fingerprint density at radius 1 is 1.26 bits per heavy atom. The van der Waals surface area contributed by atoms with Crippen molar-refractivity contribution in [3.05, 3.63) is 0 Å². The Labute approximate surface area is 117 Å². The largest absolute Gasteiger partial charge is 0.348 e. The minimum atomic E-state index is -0.396. The van der Waals surface area contributed by atoms with Crippen LogP contribution in [0.2, 0.25) is 0 Å². The molecule has 0 saturated carbocycles. The molecule has 4 nitrogen and oxygen atoms in total. The van der Waals surface area contributed by atoms with E-state index in [1.54, 1.807) is 0 Å². The van der Waals surface area contributed by atoms with Gasteiger partial charge in [-0.05, 0) is 45.7 Å². The lowest BCUT2D eigenvalue weighted by Gasteiger charge is -2.33. The van der Waals surface area contributed by atoms with Gasteiger partial charge in [0.2, 0.25) is 0 Å². The Balaban J connectivity index is 1.61. The molecule has 1 atom stereocenters. The van der Waals surface area contributed by atoms with Crippen LogP contribution in [0.5, 0.6) is 0 Å². The molecule has 1 N–H and O–H groups in total. The van der Waals surface area contributed by atoms with Crippen molar-refractivity contribution in [1.82, 2.24) is 10.2 Å². The maximum absolute atomic E-state index is 5.82. The quantitative estimate of drug-likeness (QED) is 0.826. The number of likely N-dealkylation sites (tertiary alicyclic amines) is 1. The molecule has 4 heteroatoms. The van der Waals surface area contributed by atoms with E-state index >= 15 is 0 Å². The zero-order chi connectivity index (χ0) is 13.9. The van der Waals surface area contributed by atoms with Crippen LogP contribution in [0, 0.1) is 5.92 Å². The number of hydrogen-bond donors (Lipinski definition) is 1. The first-order valence-corrected chi connectivity index (χ1v) is 7.72. The molecule has 112 valence electrons. The minimum Gasteiger partial charge on any atom is -0.348 e. The van der Waals surface area contributed by atoms with Gasteiger partial charge in [0, 0.05) is 19.1 Å². The highest BCUT2D eigenvalue weighted by Crippen LogP contribution is 2.22. The van der Waals surface area contributed by atoms with E-state index < -0.39 is 5.79 Å². The van der Waals surface area contributed by atoms with Crippen molar-refractivity contribution >= 4 is 0 Å². The van der Waals surface area contributed by atoms with E-state index in [4.69, 9.17) is 9.47 Å². The first kappa shape index (κ1) is 15.2. The van der Waals surface area contributed by atoms with E-state index in [9.17, 15) is 0 Å². The van der Waals surface area contributed by atoms with E-state index in [1.165, 1.54) is 32.5 Å². The normalized spacial score (nSPS) is 29.2. The fourth-order valence-corrected chi connectivity index (χ4v) is 3.00. The van der Waals surface area contributed by atoms with E-state index in [0.29, 0.717) is 12.6 Å². The summed E-state index contributed by atoms with van der Waals surface area (Å²) in [6.07, 6.45) is 2.72. The van der Waals surface area contributed by atoms with Gasteiger partial charge in [-0.25, -0.2) is 0 Å². The highest BCUT2D eigenvalue weighted by Gasteiger charge is 2.32. The Morgan fingerprint density at radius 2 is 1.95 bits per heavy atom. The third kappa shape index (κ3) is 5.03. The summed E-state index contributed by atoms with van der Waals surface area (Å²) in [5.41, 5.74) is 0. The SMILES string of the molecule is CC(C)CN1CCC(NCC2COC(C)(C)O2)CC1. The average Bonchev–Trinajstić information content (AvgIpc) is 2.67. The first-order valence-electron chi connectivity index (χ1n) is 7.72. The fourth-order valence-electron chi connectivity index (χ4n) is 3.00. The molecule has 0 aliphatic carbocycles. The molecular formula is C15H30N2O2. The second kappa shape index (κ2) is 6.53. The van der Waals surface area contributed by atoms with Crippen LogP contribution in [0.25, 0.3) is 0 Å². The summed E-state index contributed by atoms with van der Waals surface area (Å²) in [7, 11) is 0. The van der Waals surface area contributed by atoms with Crippen LogP contribution in [0.1, 0.15) is 40.5 Å². The summed E-state index contributed by atoms with van der Waals surface area (Å²) in [4.78, 5) is 2.58. The second-order valence-corrected chi connectivity index (χ2v) is 6.83. The topological polar surface area (TPSA) is 33.7 Å². The zero-order valence-corrected chi connectivity index (χ0v) is 12.9. The molecule has 19 heavy (non-hydrogen) atoms. The van der Waals surface area contributed by atoms with Gasteiger partial charge in [-0.1, -0.05) is 13.8 Å². The summed E-state index contributed by atoms with van der Waals surface area (Å²) in [6.45, 7) is 13.9. The number of nitrogens with one attached hydrogen (secondary N) is 1. The van der Waals surface area contributed by atoms with Crippen LogP contribution in [0.3, 0.4) is 0 Å². The molecule has 2 saturated heterocycles. The first-order chi connectivity index (χ1) is 8.94. The molecule has 0 aromatic rings. The van der Waals surface area contributed by atoms with Gasteiger partial charge in [0.25, 0.3) is 0 Å². The molecule has 0 amide bonds. The van der Waals surface area contributed by atoms with Gasteiger partial charge in [0.1, 0.15) is 0 Å². The van der Waals surface area contributed by atoms with Gasteiger partial charge >= 0.3 is 0 Å². The van der Waals surface area contributed by atoms with Gasteiger partial charge in [-0.2, -0.15) is 0 Å². The standard InChI is InChI=1S/C15H30N2O2/c1-12(2)10-17-7-5-13(6-8-17)16-9-14-11-18-15(3,4)19-14/h12-14,16H,5-11H2,1-4H3. The van der Waals surface area contributed by atoms with Crippen LogP contribution in [-0.2, 0) is 9.47 Å². The van der Waals surface area contributed by atoms with E-state index in [2.05, 4.69) is 24.1 Å². The highest BCUT2D eigenvalue weighted by molar-refractivity contribution is 4.80. The summed E-state index contributed by atoms with van der Waals surface area (Å²) >= 11 is 0. The number of piperidine rings is 1. The fraction of sp³-hybridized carbons (Fsp3) is 1.00. The van der Waals surface area contributed by atoms with Crippen molar-refractivity contribution in [3.8, 4) is 0 Å². The van der Waals surface area contributed by atoms with Crippen LogP contribution >= 0.6 is 0 Å². The van der Waals surface area contributed by atoms with Gasteiger partial charge in [-0.15, -0.1) is 0 Å². The van der Waals surface area contributed by atoms with E-state index in [1.807, 2.05) is 13.8 Å². The molecule has 1 unspecified atom stereocenters. The molecule has 2 fully saturated rings. The third-order valence-corrected chi connectivity index (χ3v) is 3.91. The summed E-state index contributed by atoms with van der Waals surface area (Å²) < 4.78 is 11.4. The lowest BCUT2D eigenvalue weighted by molar-refractivity contribution is -0.138. The molecule has 2 rings (SSSR count). The molecule has 0 aromatic heterocycles. The molecule has 0 aromatic carbocycles. The van der Waals surface area contributed by atoms with Crippen LogP contribution < -0.4 is 5.32 Å². The summed E-state index contributed by atoms with van der Waals surface area (Å²) in [5.74, 6) is 0.378. The lowest BCUT2D eigenvalue weighted by Crippen LogP contribution is -2.45. The predicted molar refractivity (Wildman–Crippen MR) is 77.2 cm³/mol. The lowest BCUT2D eigenvalue weighted by atomic mass is 10.0. The van der Waals surface area contributed by atoms with Crippen molar-refractivity contribution in [1.29, 1.82) is 0 Å². The molecule has 0 spiro atoms. The number of nitrogens with zero attached hydrogens (tertiary/aromatic N) is 1. The number of ether oxygens (including phenoxy) is 2. The number of hydrogen-bond acceptors (Lipinski definition) is 4. The van der Waals surface area contributed by atoms with Gasteiger partial charge in [0.05, 0.1) is 12.7 Å². The Hall–Kier alpha value is -0.160. The zero-order valence-electron chi connectivity index (χ0n) is 12.9. The summed E-state index contributed by atoms with van der Waals surface area (Å²) in [5, 5.41) is 3.64. The average molecular weight is 270 g/mol. The molecular weight excluding hydrogens is 240 g/mol. The van der Waals surface area contributed by atoms with Crippen molar-refractivity contribution < 1.29 is 9.47 Å². The molecule has 2 aliphatic heterocycles. The monoisotopic (exact) mass is 270 g/mol. The Morgan fingerprint density at radius 3 is 2.47 bits per heavy atom. The van der Waals surface area contributed by atoms with E-state index in [-0.39, 0.29) is 6.10 Å². The van der Waals surface area contributed by atoms with Crippen molar-refractivity contribution in [3.63, 3.8) is 0 Å². The number of rotatable bonds is 5. The third-order valence-electron chi connectivity index (χ3n) is 3.91. The summed E-state index contributed by atoms with van der Waals surface area (Å²) in [6, 6.07) is 0.649. The smallest absolute Gasteiger partial charge is 0.163 e. The van der Waals surface area contributed by atoms with Crippen LogP contribution in [-0.4, -0.2) is 55.6 Å². The Bertz CT molecular complexity index is 273. The van der Waals surface area contributed by atoms with Crippen molar-refractivity contribution in [2.75, 3.05) is 32.8 Å². The predicted octanol–water partition coefficient (Wildman–Crippen LogP) is 1.85. The molecule has 2 aliphatic rings. The van der Waals surface area contributed by atoms with Gasteiger partial charge in [-0.3, -0.25) is 0 Å². The van der Waals surface area contributed by atoms with Crippen LogP contribution in [0.15, 0.2) is 0 Å². The van der Waals surface area contributed by atoms with Crippen molar-refractivity contribution in [2.24, 2.45) is 5.92 Å². The minimum absolute atomic E-state index is 0.212. The highest BCUT2D eigenvalue weighted by atomic mass is 16.7. The van der Waals surface area contributed by atoms with Gasteiger partial charge < -0.3 is 19.7 Å². The maximum atomic E-state index is 5.82. The maximum Gasteiger partial charge on any atom is 0.163 e. The second-order valence-electron chi connectivity index (χ2n) is 6.83. The molecule has 2 heterocycles.